The number of carbonyl (C=O) groups excluding carboxylic acids is 1. The molecule has 0 aromatic heterocycles. The summed E-state index contributed by atoms with van der Waals surface area (Å²) in [7, 11) is 1.70. The maximum absolute atomic E-state index is 12.1. The summed E-state index contributed by atoms with van der Waals surface area (Å²) in [6.45, 7) is 4.23. The number of aryl methyl sites for hydroxylation is 1. The predicted molar refractivity (Wildman–Crippen MR) is 75.4 cm³/mol. The highest BCUT2D eigenvalue weighted by Gasteiger charge is 2.33. The second-order valence-corrected chi connectivity index (χ2v) is 5.29. The molecule has 0 spiro atoms. The molecular formula is C15H22N2O2. The van der Waals surface area contributed by atoms with E-state index in [9.17, 15) is 4.79 Å². The summed E-state index contributed by atoms with van der Waals surface area (Å²) >= 11 is 0. The van der Waals surface area contributed by atoms with Gasteiger partial charge in [-0.15, -0.1) is 0 Å². The summed E-state index contributed by atoms with van der Waals surface area (Å²) in [5.74, 6) is -0.0239. The first kappa shape index (κ1) is 14.0. The van der Waals surface area contributed by atoms with Crippen molar-refractivity contribution in [1.29, 1.82) is 0 Å². The summed E-state index contributed by atoms with van der Waals surface area (Å²) in [5, 5.41) is 6.45. The van der Waals surface area contributed by atoms with Crippen LogP contribution in [0.3, 0.4) is 0 Å². The second kappa shape index (κ2) is 6.17. The van der Waals surface area contributed by atoms with Crippen molar-refractivity contribution in [2.75, 3.05) is 26.8 Å². The quantitative estimate of drug-likeness (QED) is 0.845. The highest BCUT2D eigenvalue weighted by Crippen LogP contribution is 2.19. The number of rotatable bonds is 5. The van der Waals surface area contributed by atoms with E-state index < -0.39 is 0 Å². The van der Waals surface area contributed by atoms with Gasteiger partial charge in [0.05, 0.1) is 12.1 Å². The number of methoxy groups -OCH3 is 1. The Morgan fingerprint density at radius 1 is 1.42 bits per heavy atom. The number of ether oxygens (including phenoxy) is 1. The van der Waals surface area contributed by atoms with E-state index in [1.54, 1.807) is 7.11 Å². The van der Waals surface area contributed by atoms with Crippen LogP contribution in [0.2, 0.25) is 0 Å². The summed E-state index contributed by atoms with van der Waals surface area (Å²) in [5.41, 5.74) is 1.76. The molecule has 1 amide bonds. The Morgan fingerprint density at radius 2 is 2.16 bits per heavy atom. The van der Waals surface area contributed by atoms with Gasteiger partial charge >= 0.3 is 0 Å². The average Bonchev–Trinajstić information content (AvgIpc) is 2.86. The van der Waals surface area contributed by atoms with Gasteiger partial charge in [0.2, 0.25) is 0 Å². The number of hydrogen-bond acceptors (Lipinski definition) is 3. The van der Waals surface area contributed by atoms with Gasteiger partial charge in [0, 0.05) is 19.2 Å². The van der Waals surface area contributed by atoms with Crippen LogP contribution in [0.5, 0.6) is 0 Å². The normalized spacial score (nSPS) is 22.4. The fourth-order valence-corrected chi connectivity index (χ4v) is 2.53. The Hall–Kier alpha value is -1.39. The van der Waals surface area contributed by atoms with Gasteiger partial charge in [-0.25, -0.2) is 0 Å². The summed E-state index contributed by atoms with van der Waals surface area (Å²) in [6, 6.07) is 7.62. The molecule has 19 heavy (non-hydrogen) atoms. The second-order valence-electron chi connectivity index (χ2n) is 5.29. The van der Waals surface area contributed by atoms with E-state index in [2.05, 4.69) is 10.6 Å². The largest absolute Gasteiger partial charge is 0.383 e. The Balaban J connectivity index is 1.93. The van der Waals surface area contributed by atoms with Gasteiger partial charge in [-0.3, -0.25) is 4.79 Å². The molecule has 0 saturated carbocycles. The number of hydrogen-bond donors (Lipinski definition) is 2. The van der Waals surface area contributed by atoms with Crippen LogP contribution >= 0.6 is 0 Å². The van der Waals surface area contributed by atoms with Gasteiger partial charge in [-0.1, -0.05) is 17.7 Å². The fourth-order valence-electron chi connectivity index (χ4n) is 2.53. The van der Waals surface area contributed by atoms with Crippen molar-refractivity contribution in [3.8, 4) is 0 Å². The molecule has 1 saturated heterocycles. The molecule has 1 aromatic carbocycles. The minimum absolute atomic E-state index is 0.0239. The van der Waals surface area contributed by atoms with Crippen molar-refractivity contribution in [3.63, 3.8) is 0 Å². The molecule has 1 aliphatic rings. The van der Waals surface area contributed by atoms with Crippen LogP contribution < -0.4 is 10.6 Å². The highest BCUT2D eigenvalue weighted by atomic mass is 16.5. The zero-order valence-corrected chi connectivity index (χ0v) is 11.7. The van der Waals surface area contributed by atoms with E-state index >= 15 is 0 Å². The molecule has 2 rings (SSSR count). The van der Waals surface area contributed by atoms with E-state index in [0.29, 0.717) is 18.7 Å². The topological polar surface area (TPSA) is 50.4 Å². The first-order valence-electron chi connectivity index (χ1n) is 6.74. The van der Waals surface area contributed by atoms with Gasteiger partial charge in [-0.05, 0) is 38.4 Å². The molecule has 1 atom stereocenters. The molecule has 1 aliphatic heterocycles. The van der Waals surface area contributed by atoms with Crippen LogP contribution in [0.4, 0.5) is 0 Å². The first-order chi connectivity index (χ1) is 9.15. The van der Waals surface area contributed by atoms with Crippen LogP contribution in [-0.2, 0) is 4.74 Å². The van der Waals surface area contributed by atoms with Crippen LogP contribution in [0.15, 0.2) is 24.3 Å². The Morgan fingerprint density at radius 3 is 2.74 bits per heavy atom. The predicted octanol–water partition coefficient (Wildman–Crippen LogP) is 1.49. The molecule has 104 valence electrons. The van der Waals surface area contributed by atoms with Gasteiger partial charge in [-0.2, -0.15) is 0 Å². The lowest BCUT2D eigenvalue weighted by Crippen LogP contribution is -2.52. The minimum Gasteiger partial charge on any atom is -0.383 e. The SMILES string of the molecule is COCC1(CNC(=O)c2ccc(C)cc2)CCCN1. The van der Waals surface area contributed by atoms with Crippen LogP contribution in [0, 0.1) is 6.92 Å². The third kappa shape index (κ3) is 3.55. The fraction of sp³-hybridized carbons (Fsp3) is 0.533. The lowest BCUT2D eigenvalue weighted by atomic mass is 9.98. The molecule has 4 heteroatoms. The highest BCUT2D eigenvalue weighted by molar-refractivity contribution is 5.94. The molecule has 0 aliphatic carbocycles. The van der Waals surface area contributed by atoms with Crippen molar-refractivity contribution in [3.05, 3.63) is 35.4 Å². The van der Waals surface area contributed by atoms with Crippen LogP contribution in [-0.4, -0.2) is 38.3 Å². The van der Waals surface area contributed by atoms with Gasteiger partial charge < -0.3 is 15.4 Å². The number of amides is 1. The molecule has 4 nitrogen and oxygen atoms in total. The molecular weight excluding hydrogens is 240 g/mol. The maximum atomic E-state index is 12.1. The van der Waals surface area contributed by atoms with Crippen LogP contribution in [0.1, 0.15) is 28.8 Å². The number of carbonyl (C=O) groups is 1. The molecule has 0 radical (unpaired) electrons. The summed E-state index contributed by atoms with van der Waals surface area (Å²) < 4.78 is 5.27. The van der Waals surface area contributed by atoms with Gasteiger partial charge in [0.15, 0.2) is 0 Å². The van der Waals surface area contributed by atoms with Gasteiger partial charge in [0.25, 0.3) is 5.91 Å². The molecule has 1 heterocycles. The van der Waals surface area contributed by atoms with Crippen molar-refractivity contribution in [2.24, 2.45) is 0 Å². The Labute approximate surface area is 114 Å². The number of benzene rings is 1. The maximum Gasteiger partial charge on any atom is 0.251 e. The number of nitrogens with one attached hydrogen (secondary N) is 2. The van der Waals surface area contributed by atoms with E-state index in [4.69, 9.17) is 4.74 Å². The van der Waals surface area contributed by atoms with Crippen molar-refractivity contribution in [2.45, 2.75) is 25.3 Å². The van der Waals surface area contributed by atoms with Crippen LogP contribution in [0.25, 0.3) is 0 Å². The standard InChI is InChI=1S/C15H22N2O2/c1-12-4-6-13(7-5-12)14(18)16-10-15(11-19-2)8-3-9-17-15/h4-7,17H,3,8-11H2,1-2H3,(H,16,18). The smallest absolute Gasteiger partial charge is 0.251 e. The average molecular weight is 262 g/mol. The lowest BCUT2D eigenvalue weighted by Gasteiger charge is -2.28. The third-order valence-electron chi connectivity index (χ3n) is 3.65. The lowest BCUT2D eigenvalue weighted by molar-refractivity contribution is 0.0892. The minimum atomic E-state index is -0.102. The van der Waals surface area contributed by atoms with E-state index in [-0.39, 0.29) is 11.4 Å². The molecule has 2 N–H and O–H groups in total. The van der Waals surface area contributed by atoms with E-state index in [1.165, 1.54) is 0 Å². The first-order valence-corrected chi connectivity index (χ1v) is 6.74. The van der Waals surface area contributed by atoms with Crippen molar-refractivity contribution in [1.82, 2.24) is 10.6 Å². The van der Waals surface area contributed by atoms with Gasteiger partial charge in [0.1, 0.15) is 0 Å². The van der Waals surface area contributed by atoms with Crippen molar-refractivity contribution < 1.29 is 9.53 Å². The van der Waals surface area contributed by atoms with E-state index in [0.717, 1.165) is 24.9 Å². The molecule has 1 unspecified atom stereocenters. The summed E-state index contributed by atoms with van der Waals surface area (Å²) in [4.78, 5) is 12.1. The third-order valence-corrected chi connectivity index (χ3v) is 3.65. The van der Waals surface area contributed by atoms with Crippen molar-refractivity contribution >= 4 is 5.91 Å². The Bertz CT molecular complexity index is 422. The molecule has 0 bridgehead atoms. The molecule has 1 fully saturated rings. The zero-order valence-electron chi connectivity index (χ0n) is 11.7. The van der Waals surface area contributed by atoms with E-state index in [1.807, 2.05) is 31.2 Å². The summed E-state index contributed by atoms with van der Waals surface area (Å²) in [6.07, 6.45) is 2.17. The zero-order chi connectivity index (χ0) is 13.7. The Kier molecular flexibility index (Phi) is 4.56. The monoisotopic (exact) mass is 262 g/mol. The molecule has 1 aromatic rings.